The highest BCUT2D eigenvalue weighted by atomic mass is 35.5. The standard InChI is InChI=1S/C11H17N3OS.ClH/c1-2-14(8-3-4-8)11(15)9-7-16-10(13-9)5-6-12;/h7-8H,2-6,12H2,1H3;1H. The quantitative estimate of drug-likeness (QED) is 0.890. The lowest BCUT2D eigenvalue weighted by Gasteiger charge is -2.18. The van der Waals surface area contributed by atoms with Gasteiger partial charge in [-0.1, -0.05) is 0 Å². The van der Waals surface area contributed by atoms with Crippen LogP contribution in [0.1, 0.15) is 35.3 Å². The lowest BCUT2D eigenvalue weighted by atomic mass is 10.3. The smallest absolute Gasteiger partial charge is 0.273 e. The van der Waals surface area contributed by atoms with Crippen LogP contribution in [0.2, 0.25) is 0 Å². The average Bonchev–Trinajstić information content (AvgIpc) is 2.99. The summed E-state index contributed by atoms with van der Waals surface area (Å²) >= 11 is 1.52. The molecule has 0 saturated heterocycles. The van der Waals surface area contributed by atoms with Gasteiger partial charge in [-0.2, -0.15) is 0 Å². The van der Waals surface area contributed by atoms with Crippen molar-refractivity contribution < 1.29 is 4.79 Å². The van der Waals surface area contributed by atoms with E-state index in [0.717, 1.165) is 30.8 Å². The first-order valence-electron chi connectivity index (χ1n) is 5.71. The zero-order valence-electron chi connectivity index (χ0n) is 9.89. The predicted molar refractivity (Wildman–Crippen MR) is 71.9 cm³/mol. The minimum atomic E-state index is 0. The topological polar surface area (TPSA) is 59.2 Å². The number of thiazole rings is 1. The molecule has 0 aromatic carbocycles. The van der Waals surface area contributed by atoms with Gasteiger partial charge in [-0.15, -0.1) is 23.7 Å². The molecule has 17 heavy (non-hydrogen) atoms. The first kappa shape index (κ1) is 14.4. The molecule has 1 heterocycles. The third kappa shape index (κ3) is 3.40. The molecule has 0 aliphatic heterocycles. The fourth-order valence-corrected chi connectivity index (χ4v) is 2.54. The van der Waals surface area contributed by atoms with E-state index in [4.69, 9.17) is 5.73 Å². The number of carbonyl (C=O) groups excluding carboxylic acids is 1. The number of nitrogens with two attached hydrogens (primary N) is 1. The van der Waals surface area contributed by atoms with Gasteiger partial charge in [-0.25, -0.2) is 4.98 Å². The highest BCUT2D eigenvalue weighted by Gasteiger charge is 2.32. The minimum absolute atomic E-state index is 0. The van der Waals surface area contributed by atoms with Crippen molar-refractivity contribution in [1.82, 2.24) is 9.88 Å². The monoisotopic (exact) mass is 275 g/mol. The van der Waals surface area contributed by atoms with E-state index in [1.54, 1.807) is 0 Å². The maximum absolute atomic E-state index is 12.1. The maximum atomic E-state index is 12.1. The van der Waals surface area contributed by atoms with Gasteiger partial charge in [0.15, 0.2) is 0 Å². The fraction of sp³-hybridized carbons (Fsp3) is 0.636. The molecule has 1 saturated carbocycles. The predicted octanol–water partition coefficient (Wildman–Crippen LogP) is 1.69. The minimum Gasteiger partial charge on any atom is -0.335 e. The van der Waals surface area contributed by atoms with Crippen LogP contribution in [-0.2, 0) is 6.42 Å². The van der Waals surface area contributed by atoms with Crippen LogP contribution < -0.4 is 5.73 Å². The molecular weight excluding hydrogens is 258 g/mol. The Labute approximate surface area is 112 Å². The molecule has 0 spiro atoms. The van der Waals surface area contributed by atoms with E-state index < -0.39 is 0 Å². The second kappa shape index (κ2) is 6.33. The van der Waals surface area contributed by atoms with Crippen LogP contribution in [0.4, 0.5) is 0 Å². The average molecular weight is 276 g/mol. The second-order valence-corrected chi connectivity index (χ2v) is 4.93. The van der Waals surface area contributed by atoms with Gasteiger partial charge in [0.2, 0.25) is 0 Å². The molecule has 1 fully saturated rings. The Morgan fingerprint density at radius 1 is 1.65 bits per heavy atom. The van der Waals surface area contributed by atoms with E-state index in [9.17, 15) is 4.79 Å². The van der Waals surface area contributed by atoms with Crippen molar-refractivity contribution in [2.45, 2.75) is 32.2 Å². The molecule has 1 aliphatic rings. The SMILES string of the molecule is CCN(C(=O)c1csc(CCN)n1)C1CC1.Cl. The third-order valence-corrected chi connectivity index (χ3v) is 3.63. The van der Waals surface area contributed by atoms with E-state index in [-0.39, 0.29) is 18.3 Å². The number of aromatic nitrogens is 1. The summed E-state index contributed by atoms with van der Waals surface area (Å²) in [5.74, 6) is 0.0736. The summed E-state index contributed by atoms with van der Waals surface area (Å²) in [6.45, 7) is 3.37. The van der Waals surface area contributed by atoms with Crippen LogP contribution >= 0.6 is 23.7 Å². The number of amides is 1. The van der Waals surface area contributed by atoms with Crippen LogP contribution in [0, 0.1) is 0 Å². The van der Waals surface area contributed by atoms with E-state index in [1.165, 1.54) is 11.3 Å². The number of nitrogens with zero attached hydrogens (tertiary/aromatic N) is 2. The molecule has 96 valence electrons. The number of carbonyl (C=O) groups is 1. The maximum Gasteiger partial charge on any atom is 0.273 e. The van der Waals surface area contributed by atoms with Crippen molar-refractivity contribution in [3.63, 3.8) is 0 Å². The van der Waals surface area contributed by atoms with Crippen molar-refractivity contribution in [3.05, 3.63) is 16.1 Å². The summed E-state index contributed by atoms with van der Waals surface area (Å²) in [5.41, 5.74) is 6.05. The number of rotatable bonds is 5. The third-order valence-electron chi connectivity index (χ3n) is 2.72. The number of hydrogen-bond acceptors (Lipinski definition) is 4. The molecule has 1 aromatic heterocycles. The Kier molecular flexibility index (Phi) is 5.36. The number of halogens is 1. The Hall–Kier alpha value is -0.650. The van der Waals surface area contributed by atoms with Crippen molar-refractivity contribution in [1.29, 1.82) is 0 Å². The molecule has 0 radical (unpaired) electrons. The fourth-order valence-electron chi connectivity index (χ4n) is 1.75. The van der Waals surface area contributed by atoms with Gasteiger partial charge in [0.05, 0.1) is 5.01 Å². The van der Waals surface area contributed by atoms with Gasteiger partial charge in [-0.05, 0) is 26.3 Å². The molecule has 2 N–H and O–H groups in total. The summed E-state index contributed by atoms with van der Waals surface area (Å²) in [6, 6.07) is 0.456. The van der Waals surface area contributed by atoms with Crippen molar-refractivity contribution >= 4 is 29.7 Å². The Bertz CT molecular complexity index is 379. The molecule has 0 atom stereocenters. The van der Waals surface area contributed by atoms with Gasteiger partial charge in [0, 0.05) is 24.4 Å². The molecule has 1 aromatic rings. The van der Waals surface area contributed by atoms with Crippen LogP contribution in [0.15, 0.2) is 5.38 Å². The normalized spacial score (nSPS) is 14.2. The largest absolute Gasteiger partial charge is 0.335 e. The number of hydrogen-bond donors (Lipinski definition) is 1. The summed E-state index contributed by atoms with van der Waals surface area (Å²) in [4.78, 5) is 18.4. The first-order valence-corrected chi connectivity index (χ1v) is 6.59. The molecule has 4 nitrogen and oxygen atoms in total. The molecule has 1 aliphatic carbocycles. The Balaban J connectivity index is 0.00000144. The van der Waals surface area contributed by atoms with Gasteiger partial charge in [0.25, 0.3) is 5.91 Å². The van der Waals surface area contributed by atoms with Crippen molar-refractivity contribution in [2.75, 3.05) is 13.1 Å². The summed E-state index contributed by atoms with van der Waals surface area (Å²) < 4.78 is 0. The molecule has 0 bridgehead atoms. The van der Waals surface area contributed by atoms with Gasteiger partial charge >= 0.3 is 0 Å². The lowest BCUT2D eigenvalue weighted by molar-refractivity contribution is 0.0747. The Morgan fingerprint density at radius 3 is 2.88 bits per heavy atom. The summed E-state index contributed by atoms with van der Waals surface area (Å²) in [7, 11) is 0. The van der Waals surface area contributed by atoms with Crippen molar-refractivity contribution in [2.24, 2.45) is 5.73 Å². The molecule has 2 rings (SSSR count). The van der Waals surface area contributed by atoms with E-state index in [1.807, 2.05) is 17.2 Å². The van der Waals surface area contributed by atoms with Crippen LogP contribution in [-0.4, -0.2) is 34.9 Å². The van der Waals surface area contributed by atoms with Gasteiger partial charge in [0.1, 0.15) is 5.69 Å². The van der Waals surface area contributed by atoms with Gasteiger partial charge < -0.3 is 10.6 Å². The molecular formula is C11H18ClN3OS. The second-order valence-electron chi connectivity index (χ2n) is 3.99. The summed E-state index contributed by atoms with van der Waals surface area (Å²) in [6.07, 6.45) is 3.03. The van der Waals surface area contributed by atoms with E-state index in [0.29, 0.717) is 18.3 Å². The lowest BCUT2D eigenvalue weighted by Crippen LogP contribution is -2.33. The van der Waals surface area contributed by atoms with E-state index in [2.05, 4.69) is 4.98 Å². The highest BCUT2D eigenvalue weighted by molar-refractivity contribution is 7.09. The Morgan fingerprint density at radius 2 is 2.35 bits per heavy atom. The first-order chi connectivity index (χ1) is 7.76. The van der Waals surface area contributed by atoms with Gasteiger partial charge in [-0.3, -0.25) is 4.79 Å². The van der Waals surface area contributed by atoms with Crippen molar-refractivity contribution in [3.8, 4) is 0 Å². The summed E-state index contributed by atoms with van der Waals surface area (Å²) in [5, 5.41) is 2.80. The van der Waals surface area contributed by atoms with Crippen LogP contribution in [0.3, 0.4) is 0 Å². The molecule has 0 unspecified atom stereocenters. The molecule has 1 amide bonds. The van der Waals surface area contributed by atoms with Crippen LogP contribution in [0.5, 0.6) is 0 Å². The highest BCUT2D eigenvalue weighted by Crippen LogP contribution is 2.28. The zero-order chi connectivity index (χ0) is 11.5. The van der Waals surface area contributed by atoms with Crippen LogP contribution in [0.25, 0.3) is 0 Å². The van der Waals surface area contributed by atoms with E-state index >= 15 is 0 Å². The molecule has 6 heteroatoms. The zero-order valence-corrected chi connectivity index (χ0v) is 11.5.